The van der Waals surface area contributed by atoms with Gasteiger partial charge in [0.1, 0.15) is 5.82 Å². The van der Waals surface area contributed by atoms with Gasteiger partial charge in [0.2, 0.25) is 5.95 Å². The summed E-state index contributed by atoms with van der Waals surface area (Å²) < 4.78 is 38.4. The number of anilines is 1. The van der Waals surface area contributed by atoms with Crippen molar-refractivity contribution in [1.29, 1.82) is 0 Å². The van der Waals surface area contributed by atoms with Crippen LogP contribution in [0.4, 0.5) is 19.1 Å². The smallest absolute Gasteiger partial charge is 0.344 e. The molecule has 0 saturated heterocycles. The van der Waals surface area contributed by atoms with Crippen LogP contribution < -0.4 is 5.32 Å². The number of aromatic nitrogens is 4. The van der Waals surface area contributed by atoms with Crippen LogP contribution in [0, 0.1) is 0 Å². The molecule has 8 heteroatoms. The van der Waals surface area contributed by atoms with Crippen LogP contribution in [-0.2, 0) is 6.18 Å². The lowest BCUT2D eigenvalue weighted by Crippen LogP contribution is -2.12. The Hall–Kier alpha value is -3.03. The summed E-state index contributed by atoms with van der Waals surface area (Å²) in [7, 11) is 0. The quantitative estimate of drug-likeness (QED) is 0.770. The highest BCUT2D eigenvalue weighted by Gasteiger charge is 2.30. The molecule has 128 valence electrons. The largest absolute Gasteiger partial charge is 0.416 e. The van der Waals surface area contributed by atoms with E-state index in [-0.39, 0.29) is 6.04 Å². The summed E-state index contributed by atoms with van der Waals surface area (Å²) in [5.41, 5.74) is 0.219. The lowest BCUT2D eigenvalue weighted by atomic mass is 10.1. The van der Waals surface area contributed by atoms with Crippen LogP contribution >= 0.6 is 0 Å². The van der Waals surface area contributed by atoms with Crippen LogP contribution in [-0.4, -0.2) is 19.9 Å². The average Bonchev–Trinajstić information content (AvgIpc) is 2.62. The van der Waals surface area contributed by atoms with Crippen LogP contribution in [0.15, 0.2) is 55.1 Å². The Morgan fingerprint density at radius 3 is 2.24 bits per heavy atom. The number of halogens is 3. The summed E-state index contributed by atoms with van der Waals surface area (Å²) in [5.74, 6) is 0.934. The second kappa shape index (κ2) is 6.84. The van der Waals surface area contributed by atoms with Crippen molar-refractivity contribution in [3.63, 3.8) is 0 Å². The highest BCUT2D eigenvalue weighted by Crippen LogP contribution is 2.31. The predicted octanol–water partition coefficient (Wildman–Crippen LogP) is 4.13. The molecule has 0 spiro atoms. The van der Waals surface area contributed by atoms with Crippen molar-refractivity contribution >= 4 is 5.95 Å². The molecule has 1 atom stereocenters. The van der Waals surface area contributed by atoms with Gasteiger partial charge in [0.25, 0.3) is 0 Å². The minimum absolute atomic E-state index is 0.252. The van der Waals surface area contributed by atoms with Gasteiger partial charge in [0.05, 0.1) is 11.6 Å². The summed E-state index contributed by atoms with van der Waals surface area (Å²) in [6.45, 7) is 1.84. The first kappa shape index (κ1) is 16.8. The van der Waals surface area contributed by atoms with Gasteiger partial charge >= 0.3 is 6.18 Å². The standard InChI is InChI=1S/C17H14F3N5/c1-11(25-16-21-6-3-7-22-16)15-23-9-13(10-24-15)12-4-2-5-14(8-12)17(18,19)20/h2-11H,1H3,(H,21,22,25)/t11-/m0/s1. The number of nitrogens with one attached hydrogen (secondary N) is 1. The third kappa shape index (κ3) is 4.09. The van der Waals surface area contributed by atoms with E-state index in [1.165, 1.54) is 18.5 Å². The van der Waals surface area contributed by atoms with Crippen molar-refractivity contribution in [1.82, 2.24) is 19.9 Å². The van der Waals surface area contributed by atoms with Gasteiger partial charge in [-0.15, -0.1) is 0 Å². The highest BCUT2D eigenvalue weighted by atomic mass is 19.4. The van der Waals surface area contributed by atoms with Crippen LogP contribution in [0.25, 0.3) is 11.1 Å². The second-order valence-corrected chi connectivity index (χ2v) is 5.35. The van der Waals surface area contributed by atoms with E-state index in [2.05, 4.69) is 25.3 Å². The Bertz CT molecular complexity index is 835. The summed E-state index contributed by atoms with van der Waals surface area (Å²) in [6.07, 6.45) is 1.84. The monoisotopic (exact) mass is 345 g/mol. The molecular weight excluding hydrogens is 331 g/mol. The average molecular weight is 345 g/mol. The van der Waals surface area contributed by atoms with E-state index in [1.54, 1.807) is 24.5 Å². The summed E-state index contributed by atoms with van der Waals surface area (Å²) in [5, 5.41) is 3.05. The number of rotatable bonds is 4. The lowest BCUT2D eigenvalue weighted by molar-refractivity contribution is -0.137. The molecular formula is C17H14F3N5. The molecule has 0 radical (unpaired) electrons. The molecule has 25 heavy (non-hydrogen) atoms. The second-order valence-electron chi connectivity index (χ2n) is 5.35. The van der Waals surface area contributed by atoms with Gasteiger partial charge < -0.3 is 5.32 Å². The van der Waals surface area contributed by atoms with E-state index < -0.39 is 11.7 Å². The zero-order valence-electron chi connectivity index (χ0n) is 13.2. The molecule has 0 aliphatic carbocycles. The van der Waals surface area contributed by atoms with Gasteiger partial charge in [0.15, 0.2) is 0 Å². The minimum atomic E-state index is -4.38. The van der Waals surface area contributed by atoms with E-state index in [1.807, 2.05) is 6.92 Å². The Balaban J connectivity index is 1.78. The molecule has 0 fully saturated rings. The van der Waals surface area contributed by atoms with Crippen molar-refractivity contribution in [3.8, 4) is 11.1 Å². The van der Waals surface area contributed by atoms with E-state index >= 15 is 0 Å². The first-order chi connectivity index (χ1) is 11.9. The van der Waals surface area contributed by atoms with Gasteiger partial charge in [-0.2, -0.15) is 13.2 Å². The summed E-state index contributed by atoms with van der Waals surface area (Å²) in [4.78, 5) is 16.6. The lowest BCUT2D eigenvalue weighted by Gasteiger charge is -2.13. The molecule has 0 aliphatic heterocycles. The number of nitrogens with zero attached hydrogens (tertiary/aromatic N) is 4. The zero-order chi connectivity index (χ0) is 17.9. The van der Waals surface area contributed by atoms with Crippen molar-refractivity contribution < 1.29 is 13.2 Å². The molecule has 3 rings (SSSR count). The van der Waals surface area contributed by atoms with Crippen LogP contribution in [0.5, 0.6) is 0 Å². The molecule has 3 aromatic rings. The van der Waals surface area contributed by atoms with Crippen LogP contribution in [0.3, 0.4) is 0 Å². The molecule has 1 aromatic carbocycles. The predicted molar refractivity (Wildman–Crippen MR) is 86.5 cm³/mol. The fourth-order valence-corrected chi connectivity index (χ4v) is 2.22. The normalized spacial score (nSPS) is 12.6. The summed E-state index contributed by atoms with van der Waals surface area (Å²) >= 11 is 0. The topological polar surface area (TPSA) is 63.6 Å². The first-order valence-corrected chi connectivity index (χ1v) is 7.46. The maximum absolute atomic E-state index is 12.8. The van der Waals surface area contributed by atoms with Crippen molar-refractivity contribution in [2.45, 2.75) is 19.1 Å². The van der Waals surface area contributed by atoms with Gasteiger partial charge in [-0.05, 0) is 30.7 Å². The van der Waals surface area contributed by atoms with Gasteiger partial charge in [-0.1, -0.05) is 12.1 Å². The van der Waals surface area contributed by atoms with Crippen molar-refractivity contribution in [3.05, 3.63) is 66.5 Å². The van der Waals surface area contributed by atoms with E-state index in [0.717, 1.165) is 12.1 Å². The number of hydrogen-bond acceptors (Lipinski definition) is 5. The SMILES string of the molecule is C[C@H](Nc1ncccn1)c1ncc(-c2cccc(C(F)(F)F)c2)cn1. The summed E-state index contributed by atoms with van der Waals surface area (Å²) in [6, 6.07) is 6.52. The van der Waals surface area contributed by atoms with E-state index in [9.17, 15) is 13.2 Å². The Labute approximate surface area is 142 Å². The van der Waals surface area contributed by atoms with E-state index in [0.29, 0.717) is 22.9 Å². The molecule has 1 N–H and O–H groups in total. The van der Waals surface area contributed by atoms with Gasteiger partial charge in [-0.25, -0.2) is 19.9 Å². The Morgan fingerprint density at radius 2 is 1.60 bits per heavy atom. The van der Waals surface area contributed by atoms with Crippen molar-refractivity contribution in [2.75, 3.05) is 5.32 Å². The Morgan fingerprint density at radius 1 is 0.920 bits per heavy atom. The molecule has 0 bridgehead atoms. The molecule has 2 aromatic heterocycles. The first-order valence-electron chi connectivity index (χ1n) is 7.46. The van der Waals surface area contributed by atoms with Crippen LogP contribution in [0.2, 0.25) is 0 Å². The van der Waals surface area contributed by atoms with Crippen molar-refractivity contribution in [2.24, 2.45) is 0 Å². The molecule has 2 heterocycles. The van der Waals surface area contributed by atoms with Gasteiger partial charge in [0, 0.05) is 30.4 Å². The molecule has 0 saturated carbocycles. The third-order valence-corrected chi connectivity index (χ3v) is 3.49. The Kier molecular flexibility index (Phi) is 4.60. The number of benzene rings is 1. The fourth-order valence-electron chi connectivity index (χ4n) is 2.22. The maximum Gasteiger partial charge on any atom is 0.416 e. The zero-order valence-corrected chi connectivity index (χ0v) is 13.2. The highest BCUT2D eigenvalue weighted by molar-refractivity contribution is 5.62. The fraction of sp³-hybridized carbons (Fsp3) is 0.176. The van der Waals surface area contributed by atoms with Crippen LogP contribution in [0.1, 0.15) is 24.4 Å². The maximum atomic E-state index is 12.8. The van der Waals surface area contributed by atoms with Gasteiger partial charge in [-0.3, -0.25) is 0 Å². The van der Waals surface area contributed by atoms with E-state index in [4.69, 9.17) is 0 Å². The number of hydrogen-bond donors (Lipinski definition) is 1. The third-order valence-electron chi connectivity index (χ3n) is 3.49. The molecule has 0 amide bonds. The molecule has 0 aliphatic rings. The molecule has 5 nitrogen and oxygen atoms in total. The number of alkyl halides is 3. The molecule has 0 unspecified atom stereocenters. The minimum Gasteiger partial charge on any atom is -0.344 e.